The predicted octanol–water partition coefficient (Wildman–Crippen LogP) is 3.28. The van der Waals surface area contributed by atoms with Crippen LogP contribution in [0.2, 0.25) is 0 Å². The Morgan fingerprint density at radius 3 is 2.95 bits per heavy atom. The van der Waals surface area contributed by atoms with Crippen molar-refractivity contribution in [3.63, 3.8) is 0 Å². The normalized spacial score (nSPS) is 10.8. The van der Waals surface area contributed by atoms with E-state index in [9.17, 15) is 0 Å². The molecule has 2 N–H and O–H groups in total. The number of hydrogen-bond donors (Lipinski definition) is 1. The minimum absolute atomic E-state index is 0.479. The zero-order chi connectivity index (χ0) is 13.2. The van der Waals surface area contributed by atoms with E-state index in [4.69, 9.17) is 10.3 Å². The first kappa shape index (κ1) is 11.9. The maximum Gasteiger partial charge on any atom is 0.260 e. The highest BCUT2D eigenvalue weighted by Crippen LogP contribution is 2.27. The summed E-state index contributed by atoms with van der Waals surface area (Å²) in [6.45, 7) is 1.96. The smallest absolute Gasteiger partial charge is 0.260 e. The Labute approximate surface area is 114 Å². The predicted molar refractivity (Wildman–Crippen MR) is 76.0 cm³/mol. The van der Waals surface area contributed by atoms with Crippen LogP contribution in [0.15, 0.2) is 40.2 Å². The molecule has 3 rings (SSSR count). The summed E-state index contributed by atoms with van der Waals surface area (Å²) in [7, 11) is 0. The molecule has 0 aliphatic rings. The Bertz CT molecular complexity index is 689. The molecule has 4 nitrogen and oxygen atoms in total. The molecule has 0 spiro atoms. The molecule has 0 amide bonds. The topological polar surface area (TPSA) is 64.9 Å². The van der Waals surface area contributed by atoms with Crippen LogP contribution >= 0.6 is 11.3 Å². The molecule has 0 unspecified atom stereocenters. The van der Waals surface area contributed by atoms with Gasteiger partial charge in [-0.05, 0) is 30.0 Å². The van der Waals surface area contributed by atoms with Crippen LogP contribution in [-0.2, 0) is 6.42 Å². The van der Waals surface area contributed by atoms with Crippen molar-refractivity contribution in [1.82, 2.24) is 10.1 Å². The Hall–Kier alpha value is -2.14. The van der Waals surface area contributed by atoms with E-state index in [0.717, 1.165) is 11.1 Å². The lowest BCUT2D eigenvalue weighted by molar-refractivity contribution is 0.424. The molecule has 0 aliphatic carbocycles. The summed E-state index contributed by atoms with van der Waals surface area (Å²) in [6, 6.07) is 9.86. The third-order valence-corrected chi connectivity index (χ3v) is 3.81. The molecule has 1 aromatic carbocycles. The van der Waals surface area contributed by atoms with Gasteiger partial charge in [-0.2, -0.15) is 4.98 Å². The summed E-state index contributed by atoms with van der Waals surface area (Å²) in [5, 5.41) is 6.04. The van der Waals surface area contributed by atoms with Crippen molar-refractivity contribution in [2.75, 3.05) is 5.73 Å². The van der Waals surface area contributed by atoms with Crippen LogP contribution < -0.4 is 5.73 Å². The van der Waals surface area contributed by atoms with E-state index in [-0.39, 0.29) is 0 Å². The summed E-state index contributed by atoms with van der Waals surface area (Å²) < 4.78 is 5.30. The Morgan fingerprint density at radius 1 is 1.26 bits per heavy atom. The van der Waals surface area contributed by atoms with Gasteiger partial charge in [0.1, 0.15) is 0 Å². The number of aryl methyl sites for hydroxylation is 1. The van der Waals surface area contributed by atoms with Gasteiger partial charge in [-0.25, -0.2) is 0 Å². The standard InChI is InChI=1S/C14H13N3OS/c1-9-4-2-6-11(13(9)15)14-16-12(17-18-14)8-10-5-3-7-19-10/h2-7H,8,15H2,1H3. The highest BCUT2D eigenvalue weighted by Gasteiger charge is 2.13. The van der Waals surface area contributed by atoms with Crippen LogP contribution in [0.25, 0.3) is 11.5 Å². The minimum Gasteiger partial charge on any atom is -0.398 e. The van der Waals surface area contributed by atoms with Gasteiger partial charge in [0.2, 0.25) is 0 Å². The van der Waals surface area contributed by atoms with Gasteiger partial charge in [0.05, 0.1) is 5.56 Å². The van der Waals surface area contributed by atoms with Gasteiger partial charge >= 0.3 is 0 Å². The average Bonchev–Trinajstić information content (AvgIpc) is 3.05. The average molecular weight is 271 g/mol. The number of aromatic nitrogens is 2. The summed E-state index contributed by atoms with van der Waals surface area (Å²) >= 11 is 1.68. The van der Waals surface area contributed by atoms with Gasteiger partial charge < -0.3 is 10.3 Å². The van der Waals surface area contributed by atoms with Gasteiger partial charge in [-0.1, -0.05) is 23.4 Å². The number of nitrogens with zero attached hydrogens (tertiary/aromatic N) is 2. The van der Waals surface area contributed by atoms with Gasteiger partial charge in [-0.3, -0.25) is 0 Å². The van der Waals surface area contributed by atoms with Gasteiger partial charge in [0.15, 0.2) is 5.82 Å². The van der Waals surface area contributed by atoms with Crippen molar-refractivity contribution in [2.24, 2.45) is 0 Å². The van der Waals surface area contributed by atoms with Crippen LogP contribution in [0.5, 0.6) is 0 Å². The fourth-order valence-corrected chi connectivity index (χ4v) is 2.57. The fraction of sp³-hybridized carbons (Fsp3) is 0.143. The second kappa shape index (κ2) is 4.85. The molecule has 2 heterocycles. The molecule has 0 bridgehead atoms. The number of para-hydroxylation sites is 1. The molecule has 0 aliphatic heterocycles. The lowest BCUT2D eigenvalue weighted by Crippen LogP contribution is -1.93. The molecule has 0 saturated heterocycles. The summed E-state index contributed by atoms with van der Waals surface area (Å²) in [5.74, 6) is 1.16. The number of nitrogens with two attached hydrogens (primary N) is 1. The van der Waals surface area contributed by atoms with Gasteiger partial charge in [-0.15, -0.1) is 11.3 Å². The van der Waals surface area contributed by atoms with Crippen molar-refractivity contribution < 1.29 is 4.52 Å². The van der Waals surface area contributed by atoms with Crippen molar-refractivity contribution in [3.8, 4) is 11.5 Å². The van der Waals surface area contributed by atoms with E-state index in [0.29, 0.717) is 23.8 Å². The monoisotopic (exact) mass is 271 g/mol. The molecule has 5 heteroatoms. The Kier molecular flexibility index (Phi) is 3.05. The maximum absolute atomic E-state index is 6.03. The van der Waals surface area contributed by atoms with E-state index in [1.807, 2.05) is 36.6 Å². The van der Waals surface area contributed by atoms with Crippen LogP contribution in [-0.4, -0.2) is 10.1 Å². The summed E-state index contributed by atoms with van der Waals surface area (Å²) in [5.41, 5.74) is 8.53. The van der Waals surface area contributed by atoms with E-state index < -0.39 is 0 Å². The summed E-state index contributed by atoms with van der Waals surface area (Å²) in [4.78, 5) is 5.62. The van der Waals surface area contributed by atoms with Crippen LogP contribution in [0.3, 0.4) is 0 Å². The highest BCUT2D eigenvalue weighted by atomic mass is 32.1. The second-order valence-corrected chi connectivity index (χ2v) is 5.34. The first-order valence-electron chi connectivity index (χ1n) is 5.94. The highest BCUT2D eigenvalue weighted by molar-refractivity contribution is 7.09. The molecular weight excluding hydrogens is 258 g/mol. The van der Waals surface area contributed by atoms with Crippen LogP contribution in [0, 0.1) is 6.92 Å². The molecule has 2 aromatic heterocycles. The van der Waals surface area contributed by atoms with E-state index in [1.165, 1.54) is 4.88 Å². The Balaban J connectivity index is 1.91. The first-order valence-corrected chi connectivity index (χ1v) is 6.82. The molecule has 19 heavy (non-hydrogen) atoms. The van der Waals surface area contributed by atoms with Crippen LogP contribution in [0.1, 0.15) is 16.3 Å². The van der Waals surface area contributed by atoms with Crippen molar-refractivity contribution in [2.45, 2.75) is 13.3 Å². The van der Waals surface area contributed by atoms with E-state index in [1.54, 1.807) is 11.3 Å². The molecule has 96 valence electrons. The van der Waals surface area contributed by atoms with Crippen molar-refractivity contribution in [3.05, 3.63) is 52.0 Å². The fourth-order valence-electron chi connectivity index (χ4n) is 1.87. The molecule has 3 aromatic rings. The number of rotatable bonds is 3. The first-order chi connectivity index (χ1) is 9.24. The maximum atomic E-state index is 6.03. The SMILES string of the molecule is Cc1cccc(-c2nc(Cc3cccs3)no2)c1N. The van der Waals surface area contributed by atoms with Gasteiger partial charge in [0.25, 0.3) is 5.89 Å². The minimum atomic E-state index is 0.479. The lowest BCUT2D eigenvalue weighted by Gasteiger charge is -2.02. The zero-order valence-corrected chi connectivity index (χ0v) is 11.3. The number of nitrogen functional groups attached to an aromatic ring is 1. The number of benzene rings is 1. The quantitative estimate of drug-likeness (QED) is 0.742. The summed E-state index contributed by atoms with van der Waals surface area (Å²) in [6.07, 6.45) is 0.687. The number of anilines is 1. The zero-order valence-electron chi connectivity index (χ0n) is 10.5. The van der Waals surface area contributed by atoms with Crippen molar-refractivity contribution >= 4 is 17.0 Å². The Morgan fingerprint density at radius 2 is 2.16 bits per heavy atom. The molecule has 0 saturated carbocycles. The van der Waals surface area contributed by atoms with Crippen molar-refractivity contribution in [1.29, 1.82) is 0 Å². The van der Waals surface area contributed by atoms with E-state index >= 15 is 0 Å². The van der Waals surface area contributed by atoms with Gasteiger partial charge in [0, 0.05) is 17.0 Å². The molecular formula is C14H13N3OS. The van der Waals surface area contributed by atoms with Crippen LogP contribution in [0.4, 0.5) is 5.69 Å². The lowest BCUT2D eigenvalue weighted by atomic mass is 10.1. The third kappa shape index (κ3) is 2.37. The number of thiophene rings is 1. The second-order valence-electron chi connectivity index (χ2n) is 4.31. The number of hydrogen-bond acceptors (Lipinski definition) is 5. The molecule has 0 fully saturated rings. The molecule has 0 radical (unpaired) electrons. The largest absolute Gasteiger partial charge is 0.398 e. The van der Waals surface area contributed by atoms with E-state index in [2.05, 4.69) is 16.2 Å². The third-order valence-electron chi connectivity index (χ3n) is 2.94. The molecule has 0 atom stereocenters.